The van der Waals surface area contributed by atoms with Gasteiger partial charge in [0.25, 0.3) is 0 Å². The van der Waals surface area contributed by atoms with Crippen LogP contribution in [0.3, 0.4) is 0 Å². The molecular formula is C20H29Cl2N3. The number of hydrogen-bond acceptors (Lipinski definition) is 2. The summed E-state index contributed by atoms with van der Waals surface area (Å²) in [7, 11) is 0. The molecule has 4 N–H and O–H groups in total. The van der Waals surface area contributed by atoms with E-state index >= 15 is 0 Å². The molecular weight excluding hydrogens is 353 g/mol. The molecule has 138 valence electrons. The van der Waals surface area contributed by atoms with Crippen LogP contribution in [0.5, 0.6) is 0 Å². The molecule has 0 saturated heterocycles. The highest BCUT2D eigenvalue weighted by molar-refractivity contribution is 5.96. The van der Waals surface area contributed by atoms with Gasteiger partial charge in [-0.2, -0.15) is 0 Å². The van der Waals surface area contributed by atoms with Crippen molar-refractivity contribution in [3.63, 3.8) is 0 Å². The van der Waals surface area contributed by atoms with Gasteiger partial charge in [0.1, 0.15) is 5.84 Å². The maximum Gasteiger partial charge on any atom is 0.125 e. The molecule has 0 radical (unpaired) electrons. The van der Waals surface area contributed by atoms with Crippen molar-refractivity contribution in [3.8, 4) is 0 Å². The Hall–Kier alpha value is -1.55. The Balaban J connectivity index is 0.00000288. The Labute approximate surface area is 163 Å². The molecule has 0 aliphatic carbocycles. The molecule has 25 heavy (non-hydrogen) atoms. The van der Waals surface area contributed by atoms with E-state index in [4.69, 9.17) is 11.1 Å². The summed E-state index contributed by atoms with van der Waals surface area (Å²) >= 11 is 0. The Morgan fingerprint density at radius 2 is 1.36 bits per heavy atom. The van der Waals surface area contributed by atoms with E-state index in [9.17, 15) is 0 Å². The topological polar surface area (TPSA) is 61.9 Å². The Morgan fingerprint density at radius 1 is 0.880 bits per heavy atom. The van der Waals surface area contributed by atoms with E-state index < -0.39 is 0 Å². The third kappa shape index (κ3) is 7.91. The lowest BCUT2D eigenvalue weighted by Crippen LogP contribution is -2.24. The van der Waals surface area contributed by atoms with Crippen molar-refractivity contribution in [1.29, 1.82) is 5.41 Å². The fourth-order valence-electron chi connectivity index (χ4n) is 2.46. The van der Waals surface area contributed by atoms with Crippen molar-refractivity contribution in [2.45, 2.75) is 39.2 Å². The summed E-state index contributed by atoms with van der Waals surface area (Å²) in [5.74, 6) is 0.516. The fraction of sp³-hybridized carbons (Fsp3) is 0.350. The van der Waals surface area contributed by atoms with E-state index in [1.165, 1.54) is 16.7 Å². The number of halogens is 2. The average molecular weight is 382 g/mol. The quantitative estimate of drug-likeness (QED) is 0.358. The Bertz CT molecular complexity index is 610. The van der Waals surface area contributed by atoms with Crippen molar-refractivity contribution >= 4 is 30.6 Å². The van der Waals surface area contributed by atoms with E-state index in [0.717, 1.165) is 37.8 Å². The number of rotatable bonds is 8. The molecule has 0 saturated carbocycles. The summed E-state index contributed by atoms with van der Waals surface area (Å²) in [6, 6.07) is 16.8. The van der Waals surface area contributed by atoms with Crippen LogP contribution >= 0.6 is 24.8 Å². The van der Waals surface area contributed by atoms with Crippen LogP contribution < -0.4 is 11.1 Å². The van der Waals surface area contributed by atoms with Crippen molar-refractivity contribution in [3.05, 3.63) is 70.8 Å². The zero-order chi connectivity index (χ0) is 16.5. The molecule has 0 aliphatic rings. The number of nitrogens with one attached hydrogen (secondary N) is 2. The molecule has 0 spiro atoms. The van der Waals surface area contributed by atoms with Crippen molar-refractivity contribution in [2.24, 2.45) is 5.73 Å². The van der Waals surface area contributed by atoms with Crippen molar-refractivity contribution in [2.75, 3.05) is 6.54 Å². The summed E-state index contributed by atoms with van der Waals surface area (Å²) in [5.41, 5.74) is 10.4. The second-order valence-electron chi connectivity index (χ2n) is 5.87. The SMILES string of the molecule is CCCCNC(=N)c1ccc(CCc2ccc(CN)cc2)cc1.Cl.Cl. The molecule has 0 atom stereocenters. The van der Waals surface area contributed by atoms with E-state index in [1.54, 1.807) is 0 Å². The smallest absolute Gasteiger partial charge is 0.125 e. The molecule has 0 aliphatic heterocycles. The largest absolute Gasteiger partial charge is 0.370 e. The number of hydrogen-bond donors (Lipinski definition) is 3. The fourth-order valence-corrected chi connectivity index (χ4v) is 2.46. The molecule has 0 heterocycles. The molecule has 2 aromatic rings. The zero-order valence-corrected chi connectivity index (χ0v) is 16.4. The highest BCUT2D eigenvalue weighted by Crippen LogP contribution is 2.10. The van der Waals surface area contributed by atoms with Gasteiger partial charge in [-0.05, 0) is 36.0 Å². The van der Waals surface area contributed by atoms with Gasteiger partial charge in [0.05, 0.1) is 0 Å². The molecule has 3 nitrogen and oxygen atoms in total. The first kappa shape index (κ1) is 23.4. The van der Waals surface area contributed by atoms with Crippen LogP contribution in [0, 0.1) is 5.41 Å². The molecule has 0 unspecified atom stereocenters. The number of nitrogens with two attached hydrogens (primary N) is 1. The minimum Gasteiger partial charge on any atom is -0.370 e. The first-order valence-electron chi connectivity index (χ1n) is 8.42. The summed E-state index contributed by atoms with van der Waals surface area (Å²) in [6.45, 7) is 3.62. The predicted octanol–water partition coefficient (Wildman–Crippen LogP) is 4.49. The van der Waals surface area contributed by atoms with Crippen LogP contribution in [0.1, 0.15) is 42.0 Å². The van der Waals surface area contributed by atoms with Gasteiger partial charge in [-0.3, -0.25) is 5.41 Å². The van der Waals surface area contributed by atoms with Crippen LogP contribution in [0.2, 0.25) is 0 Å². The van der Waals surface area contributed by atoms with Crippen LogP contribution in [0.25, 0.3) is 0 Å². The number of benzene rings is 2. The van der Waals surface area contributed by atoms with Crippen molar-refractivity contribution < 1.29 is 0 Å². The lowest BCUT2D eigenvalue weighted by molar-refractivity contribution is 0.753. The minimum absolute atomic E-state index is 0. The monoisotopic (exact) mass is 381 g/mol. The van der Waals surface area contributed by atoms with E-state index in [1.807, 2.05) is 12.1 Å². The van der Waals surface area contributed by atoms with Gasteiger partial charge >= 0.3 is 0 Å². The first-order chi connectivity index (χ1) is 11.2. The van der Waals surface area contributed by atoms with Crippen LogP contribution in [0.15, 0.2) is 48.5 Å². The number of amidine groups is 1. The second-order valence-corrected chi connectivity index (χ2v) is 5.87. The second kappa shape index (κ2) is 12.8. The summed E-state index contributed by atoms with van der Waals surface area (Å²) < 4.78 is 0. The van der Waals surface area contributed by atoms with Gasteiger partial charge < -0.3 is 11.1 Å². The molecule has 2 rings (SSSR count). The average Bonchev–Trinajstić information content (AvgIpc) is 2.61. The molecule has 0 amide bonds. The number of unbranched alkanes of at least 4 members (excludes halogenated alkanes) is 1. The molecule has 0 fully saturated rings. The van der Waals surface area contributed by atoms with Gasteiger partial charge in [-0.25, -0.2) is 0 Å². The van der Waals surface area contributed by atoms with E-state index in [-0.39, 0.29) is 24.8 Å². The van der Waals surface area contributed by atoms with Gasteiger partial charge in [-0.1, -0.05) is 61.9 Å². The predicted molar refractivity (Wildman–Crippen MR) is 112 cm³/mol. The van der Waals surface area contributed by atoms with Gasteiger partial charge in [0, 0.05) is 18.7 Å². The first-order valence-corrected chi connectivity index (χ1v) is 8.42. The van der Waals surface area contributed by atoms with Gasteiger partial charge in [0.2, 0.25) is 0 Å². The van der Waals surface area contributed by atoms with Crippen LogP contribution in [0.4, 0.5) is 0 Å². The normalized spacial score (nSPS) is 9.68. The summed E-state index contributed by atoms with van der Waals surface area (Å²) in [5, 5.41) is 11.2. The van der Waals surface area contributed by atoms with Crippen LogP contribution in [-0.4, -0.2) is 12.4 Å². The lowest BCUT2D eigenvalue weighted by Gasteiger charge is -2.08. The molecule has 2 aromatic carbocycles. The summed E-state index contributed by atoms with van der Waals surface area (Å²) in [4.78, 5) is 0. The third-order valence-electron chi connectivity index (χ3n) is 4.04. The molecule has 5 heteroatoms. The van der Waals surface area contributed by atoms with Gasteiger partial charge in [-0.15, -0.1) is 24.8 Å². The molecule has 0 aromatic heterocycles. The summed E-state index contributed by atoms with van der Waals surface area (Å²) in [6.07, 6.45) is 4.28. The van der Waals surface area contributed by atoms with Crippen molar-refractivity contribution in [1.82, 2.24) is 5.32 Å². The van der Waals surface area contributed by atoms with E-state index in [2.05, 4.69) is 48.6 Å². The minimum atomic E-state index is 0. The maximum absolute atomic E-state index is 8.03. The third-order valence-corrected chi connectivity index (χ3v) is 4.04. The Kier molecular flexibility index (Phi) is 12.0. The lowest BCUT2D eigenvalue weighted by atomic mass is 10.0. The number of aryl methyl sites for hydroxylation is 2. The van der Waals surface area contributed by atoms with Crippen LogP contribution in [-0.2, 0) is 19.4 Å². The maximum atomic E-state index is 8.03. The molecule has 0 bridgehead atoms. The Morgan fingerprint density at radius 3 is 1.84 bits per heavy atom. The standard InChI is InChI=1S/C20H27N3.2ClH/c1-2-3-14-23-20(22)19-12-10-17(11-13-19)5-4-16-6-8-18(15-21)9-7-16;;/h6-13H,2-5,14-15,21H2,1H3,(H2,22,23);2*1H. The highest BCUT2D eigenvalue weighted by atomic mass is 35.5. The van der Waals surface area contributed by atoms with E-state index in [0.29, 0.717) is 12.4 Å². The van der Waals surface area contributed by atoms with Gasteiger partial charge in [0.15, 0.2) is 0 Å². The highest BCUT2D eigenvalue weighted by Gasteiger charge is 2.01. The zero-order valence-electron chi connectivity index (χ0n) is 14.8.